The van der Waals surface area contributed by atoms with Crippen LogP contribution in [-0.2, 0) is 11.3 Å². The summed E-state index contributed by atoms with van der Waals surface area (Å²) in [6, 6.07) is 7.48. The van der Waals surface area contributed by atoms with Gasteiger partial charge < -0.3 is 4.90 Å². The molecule has 0 bridgehead atoms. The lowest BCUT2D eigenvalue weighted by atomic mass is 10.0. The molecule has 26 heavy (non-hydrogen) atoms. The van der Waals surface area contributed by atoms with Gasteiger partial charge in [-0.05, 0) is 66.3 Å². The second kappa shape index (κ2) is 8.78. The Morgan fingerprint density at radius 2 is 2.08 bits per heavy atom. The normalized spacial score (nSPS) is 16.0. The van der Waals surface area contributed by atoms with Crippen LogP contribution in [0.3, 0.4) is 0 Å². The maximum Gasteiger partial charge on any atom is 0.227 e. The topological polar surface area (TPSA) is 23.6 Å². The summed E-state index contributed by atoms with van der Waals surface area (Å²) in [5, 5.41) is 4.30. The first kappa shape index (κ1) is 19.1. The number of hydrogen-bond acceptors (Lipinski definition) is 3. The molecule has 0 N–H and O–H groups in total. The summed E-state index contributed by atoms with van der Waals surface area (Å²) in [6.45, 7) is 6.66. The predicted octanol–water partition coefficient (Wildman–Crippen LogP) is 4.99. The molecule has 5 heteroatoms. The van der Waals surface area contributed by atoms with Crippen LogP contribution in [0.1, 0.15) is 43.7 Å². The van der Waals surface area contributed by atoms with Crippen molar-refractivity contribution in [1.29, 1.82) is 0 Å². The average molecular weight is 375 g/mol. The minimum Gasteiger partial charge on any atom is -0.309 e. The van der Waals surface area contributed by atoms with Crippen molar-refractivity contribution < 1.29 is 9.18 Å². The number of hydrogen-bond donors (Lipinski definition) is 0. The van der Waals surface area contributed by atoms with Gasteiger partial charge in [0.2, 0.25) is 5.91 Å². The molecule has 140 valence electrons. The van der Waals surface area contributed by atoms with Crippen LogP contribution >= 0.6 is 11.3 Å². The molecule has 1 aromatic heterocycles. The number of rotatable bonds is 6. The van der Waals surface area contributed by atoms with Crippen molar-refractivity contribution in [3.63, 3.8) is 0 Å². The van der Waals surface area contributed by atoms with Gasteiger partial charge in [0.25, 0.3) is 0 Å². The molecule has 0 spiro atoms. The Labute approximate surface area is 159 Å². The van der Waals surface area contributed by atoms with E-state index in [0.29, 0.717) is 17.7 Å². The third-order valence-electron chi connectivity index (χ3n) is 5.07. The van der Waals surface area contributed by atoms with E-state index in [2.05, 4.69) is 21.7 Å². The van der Waals surface area contributed by atoms with Crippen LogP contribution in [0, 0.1) is 12.7 Å². The molecule has 2 aromatic rings. The minimum absolute atomic E-state index is 0.104. The van der Waals surface area contributed by atoms with Crippen LogP contribution in [0.15, 0.2) is 35.0 Å². The number of benzene rings is 1. The largest absolute Gasteiger partial charge is 0.309 e. The zero-order valence-corrected chi connectivity index (χ0v) is 16.4. The highest BCUT2D eigenvalue weighted by molar-refractivity contribution is 7.07. The Kier molecular flexibility index (Phi) is 6.43. The average Bonchev–Trinajstić information content (AvgIpc) is 3.13. The molecule has 1 amide bonds. The fourth-order valence-electron chi connectivity index (χ4n) is 3.60. The third-order valence-corrected chi connectivity index (χ3v) is 5.81. The second-order valence-corrected chi connectivity index (χ2v) is 7.87. The van der Waals surface area contributed by atoms with Gasteiger partial charge in [-0.3, -0.25) is 9.69 Å². The number of likely N-dealkylation sites (tertiary alicyclic amines) is 1. The van der Waals surface area contributed by atoms with Crippen molar-refractivity contribution in [3.05, 3.63) is 52.0 Å². The van der Waals surface area contributed by atoms with Gasteiger partial charge in [-0.15, -0.1) is 0 Å². The number of carbonyl (C=O) groups excluding carboxylic acids is 1. The number of carbonyl (C=O) groups is 1. The van der Waals surface area contributed by atoms with E-state index < -0.39 is 0 Å². The molecule has 0 saturated carbocycles. The van der Waals surface area contributed by atoms with Gasteiger partial charge in [-0.2, -0.15) is 11.3 Å². The molecule has 1 aliphatic heterocycles. The number of piperidine rings is 1. The highest BCUT2D eigenvalue weighted by Crippen LogP contribution is 2.27. The molecule has 0 unspecified atom stereocenters. The van der Waals surface area contributed by atoms with Crippen LogP contribution in [0.25, 0.3) is 0 Å². The SMILES string of the molecule is CCCC(=O)N(c1ccc(C)c(F)c1)C1CCN(Cc2ccsc2)CC1. The Morgan fingerprint density at radius 1 is 1.31 bits per heavy atom. The van der Waals surface area contributed by atoms with Crippen LogP contribution in [0.2, 0.25) is 0 Å². The fraction of sp³-hybridized carbons (Fsp3) is 0.476. The monoisotopic (exact) mass is 374 g/mol. The number of anilines is 1. The zero-order valence-electron chi connectivity index (χ0n) is 15.6. The van der Waals surface area contributed by atoms with E-state index in [4.69, 9.17) is 0 Å². The Balaban J connectivity index is 1.71. The molecule has 1 aromatic carbocycles. The maximum atomic E-state index is 14.1. The van der Waals surface area contributed by atoms with E-state index in [9.17, 15) is 9.18 Å². The minimum atomic E-state index is -0.244. The van der Waals surface area contributed by atoms with E-state index in [1.54, 1.807) is 24.3 Å². The second-order valence-electron chi connectivity index (χ2n) is 7.09. The van der Waals surface area contributed by atoms with Gasteiger partial charge in [-0.25, -0.2) is 4.39 Å². The summed E-state index contributed by atoms with van der Waals surface area (Å²) in [7, 11) is 0. The molecule has 2 heterocycles. The first-order valence-electron chi connectivity index (χ1n) is 9.40. The number of aryl methyl sites for hydroxylation is 1. The van der Waals surface area contributed by atoms with Crippen molar-refractivity contribution in [3.8, 4) is 0 Å². The zero-order chi connectivity index (χ0) is 18.5. The van der Waals surface area contributed by atoms with Crippen LogP contribution in [-0.4, -0.2) is 29.9 Å². The summed E-state index contributed by atoms with van der Waals surface area (Å²) in [5.41, 5.74) is 2.66. The number of amides is 1. The van der Waals surface area contributed by atoms with Crippen LogP contribution in [0.4, 0.5) is 10.1 Å². The number of thiophene rings is 1. The molecule has 1 fully saturated rings. The van der Waals surface area contributed by atoms with E-state index in [-0.39, 0.29) is 17.8 Å². The summed E-state index contributed by atoms with van der Waals surface area (Å²) >= 11 is 1.73. The molecule has 3 rings (SSSR count). The van der Waals surface area contributed by atoms with Crippen LogP contribution < -0.4 is 4.90 Å². The predicted molar refractivity (Wildman–Crippen MR) is 106 cm³/mol. The van der Waals surface area contributed by atoms with Gasteiger partial charge >= 0.3 is 0 Å². The molecule has 1 aliphatic rings. The van der Waals surface area contributed by atoms with Gasteiger partial charge in [0.15, 0.2) is 0 Å². The smallest absolute Gasteiger partial charge is 0.227 e. The van der Waals surface area contributed by atoms with Crippen molar-refractivity contribution in [1.82, 2.24) is 4.90 Å². The highest BCUT2D eigenvalue weighted by Gasteiger charge is 2.29. The molecular weight excluding hydrogens is 347 g/mol. The van der Waals surface area contributed by atoms with Crippen molar-refractivity contribution in [2.45, 2.75) is 52.1 Å². The van der Waals surface area contributed by atoms with Gasteiger partial charge in [-0.1, -0.05) is 13.0 Å². The molecule has 0 atom stereocenters. The van der Waals surface area contributed by atoms with E-state index >= 15 is 0 Å². The van der Waals surface area contributed by atoms with Gasteiger partial charge in [0.1, 0.15) is 5.82 Å². The molecular formula is C21H27FN2OS. The number of halogens is 1. The Bertz CT molecular complexity index is 724. The van der Waals surface area contributed by atoms with Crippen molar-refractivity contribution in [2.75, 3.05) is 18.0 Å². The van der Waals surface area contributed by atoms with Crippen molar-refractivity contribution in [2.24, 2.45) is 0 Å². The molecule has 0 aliphatic carbocycles. The Hall–Kier alpha value is -1.72. The first-order valence-corrected chi connectivity index (χ1v) is 10.3. The van der Waals surface area contributed by atoms with E-state index in [0.717, 1.165) is 38.9 Å². The molecule has 3 nitrogen and oxygen atoms in total. The summed E-state index contributed by atoms with van der Waals surface area (Å²) in [6.07, 6.45) is 3.16. The summed E-state index contributed by atoms with van der Waals surface area (Å²) < 4.78 is 14.1. The van der Waals surface area contributed by atoms with Gasteiger partial charge in [0, 0.05) is 37.8 Å². The fourth-order valence-corrected chi connectivity index (χ4v) is 4.26. The van der Waals surface area contributed by atoms with E-state index in [1.165, 1.54) is 11.6 Å². The van der Waals surface area contributed by atoms with E-state index in [1.807, 2.05) is 17.9 Å². The third kappa shape index (κ3) is 4.51. The Morgan fingerprint density at radius 3 is 2.69 bits per heavy atom. The lowest BCUT2D eigenvalue weighted by molar-refractivity contribution is -0.119. The van der Waals surface area contributed by atoms with Gasteiger partial charge in [0.05, 0.1) is 0 Å². The molecule has 1 saturated heterocycles. The lowest BCUT2D eigenvalue weighted by Crippen LogP contribution is -2.47. The lowest BCUT2D eigenvalue weighted by Gasteiger charge is -2.38. The quantitative estimate of drug-likeness (QED) is 0.711. The van der Waals surface area contributed by atoms with Crippen LogP contribution in [0.5, 0.6) is 0 Å². The summed E-state index contributed by atoms with van der Waals surface area (Å²) in [4.78, 5) is 17.1. The van der Waals surface area contributed by atoms with Crippen molar-refractivity contribution >= 4 is 22.9 Å². The maximum absolute atomic E-state index is 14.1. The standard InChI is InChI=1S/C21H27FN2OS/c1-3-4-21(25)24(19-6-5-16(2)20(22)13-19)18-7-10-23(11-8-18)14-17-9-12-26-15-17/h5-6,9,12-13,15,18H,3-4,7-8,10-11,14H2,1-2H3. The molecule has 0 radical (unpaired) electrons. The first-order chi connectivity index (χ1) is 12.6. The number of nitrogens with zero attached hydrogens (tertiary/aromatic N) is 2. The summed E-state index contributed by atoms with van der Waals surface area (Å²) in [5.74, 6) is -0.140. The highest BCUT2D eigenvalue weighted by atomic mass is 32.1.